The van der Waals surface area contributed by atoms with Crippen molar-refractivity contribution in [2.75, 3.05) is 18.4 Å². The molecule has 0 saturated heterocycles. The Labute approximate surface area is 117 Å². The Morgan fingerprint density at radius 2 is 1.84 bits per heavy atom. The van der Waals surface area contributed by atoms with Crippen LogP contribution in [-0.4, -0.2) is 35.4 Å². The summed E-state index contributed by atoms with van der Waals surface area (Å²) in [5.41, 5.74) is 0.812. The average molecular weight is 342 g/mol. The van der Waals surface area contributed by atoms with Gasteiger partial charge in [-0.2, -0.15) is 13.2 Å². The Morgan fingerprint density at radius 1 is 1.26 bits per heavy atom. The molecular weight excluding hydrogens is 327 g/mol. The molecule has 1 aromatic rings. The summed E-state index contributed by atoms with van der Waals surface area (Å²) >= 11 is 3.06. The predicted octanol–water partition coefficient (Wildman–Crippen LogP) is 3.60. The molecule has 1 rings (SSSR count). The van der Waals surface area contributed by atoms with Crippen molar-refractivity contribution in [2.24, 2.45) is 0 Å². The van der Waals surface area contributed by atoms with E-state index in [2.05, 4.69) is 15.9 Å². The molecular formula is C12H15BrF3NO2. The molecule has 0 unspecified atom stereocenters. The van der Waals surface area contributed by atoms with Crippen LogP contribution in [0.1, 0.15) is 27.4 Å². The number of nitrogens with zero attached hydrogens (tertiary/aromatic N) is 1. The van der Waals surface area contributed by atoms with E-state index in [-0.39, 0.29) is 17.4 Å². The van der Waals surface area contributed by atoms with E-state index in [1.165, 1.54) is 0 Å². The summed E-state index contributed by atoms with van der Waals surface area (Å²) in [7, 11) is 0. The third-order valence-electron chi connectivity index (χ3n) is 2.79. The van der Waals surface area contributed by atoms with Gasteiger partial charge in [0.25, 0.3) is 5.91 Å². The minimum Gasteiger partial charge on any atom is -0.466 e. The van der Waals surface area contributed by atoms with E-state index in [0.717, 1.165) is 4.90 Å². The molecule has 0 N–H and O–H groups in total. The zero-order valence-corrected chi connectivity index (χ0v) is 12.5. The molecule has 0 spiro atoms. The second-order valence-corrected chi connectivity index (χ2v) is 5.04. The van der Waals surface area contributed by atoms with Gasteiger partial charge in [-0.05, 0) is 20.8 Å². The maximum Gasteiger partial charge on any atom is 0.406 e. The number of furan rings is 1. The van der Waals surface area contributed by atoms with Gasteiger partial charge < -0.3 is 9.32 Å². The van der Waals surface area contributed by atoms with Crippen LogP contribution in [0.5, 0.6) is 0 Å². The second kappa shape index (κ2) is 5.98. The number of hydrogen-bond donors (Lipinski definition) is 0. The largest absolute Gasteiger partial charge is 0.466 e. The van der Waals surface area contributed by atoms with Crippen LogP contribution in [0.15, 0.2) is 4.42 Å². The number of alkyl halides is 4. The molecule has 19 heavy (non-hydrogen) atoms. The number of amides is 1. The summed E-state index contributed by atoms with van der Waals surface area (Å²) in [4.78, 5) is 13.0. The predicted molar refractivity (Wildman–Crippen MR) is 68.7 cm³/mol. The quantitative estimate of drug-likeness (QED) is 0.784. The van der Waals surface area contributed by atoms with E-state index < -0.39 is 18.6 Å². The molecule has 0 radical (unpaired) electrons. The minimum atomic E-state index is -4.42. The fourth-order valence-electron chi connectivity index (χ4n) is 1.84. The number of hydrogen-bond acceptors (Lipinski definition) is 2. The zero-order valence-electron chi connectivity index (χ0n) is 10.9. The molecule has 0 bridgehead atoms. The highest BCUT2D eigenvalue weighted by molar-refractivity contribution is 9.09. The first-order chi connectivity index (χ1) is 8.67. The molecule has 1 aromatic heterocycles. The monoisotopic (exact) mass is 341 g/mol. The van der Waals surface area contributed by atoms with E-state index in [1.54, 1.807) is 20.8 Å². The number of carbonyl (C=O) groups is 1. The third kappa shape index (κ3) is 3.99. The van der Waals surface area contributed by atoms with Crippen molar-refractivity contribution >= 4 is 21.8 Å². The standard InChI is InChI=1S/C12H15BrF3NO2/c1-7-8(2)19-9(3)10(7)11(18)17(5-4-13)6-12(14,15)16/h4-6H2,1-3H3. The van der Waals surface area contributed by atoms with Crippen LogP contribution < -0.4 is 0 Å². The summed E-state index contributed by atoms with van der Waals surface area (Å²) in [5.74, 6) is 0.247. The van der Waals surface area contributed by atoms with Gasteiger partial charge in [0.15, 0.2) is 0 Å². The summed E-state index contributed by atoms with van der Waals surface area (Å²) in [6, 6.07) is 0. The van der Waals surface area contributed by atoms with E-state index in [4.69, 9.17) is 4.42 Å². The van der Waals surface area contributed by atoms with Crippen LogP contribution in [0.2, 0.25) is 0 Å². The van der Waals surface area contributed by atoms with Gasteiger partial charge in [0.2, 0.25) is 0 Å². The zero-order chi connectivity index (χ0) is 14.8. The van der Waals surface area contributed by atoms with Crippen molar-refractivity contribution in [3.05, 3.63) is 22.6 Å². The molecule has 1 heterocycles. The molecule has 108 valence electrons. The number of carbonyl (C=O) groups excluding carboxylic acids is 1. The number of halogens is 4. The van der Waals surface area contributed by atoms with Crippen molar-refractivity contribution in [3.63, 3.8) is 0 Å². The van der Waals surface area contributed by atoms with Crippen LogP contribution in [0.4, 0.5) is 13.2 Å². The molecule has 1 amide bonds. The van der Waals surface area contributed by atoms with Crippen LogP contribution in [0.3, 0.4) is 0 Å². The van der Waals surface area contributed by atoms with Crippen molar-refractivity contribution < 1.29 is 22.4 Å². The number of rotatable bonds is 4. The van der Waals surface area contributed by atoms with Crippen LogP contribution in [0, 0.1) is 20.8 Å². The molecule has 0 fully saturated rings. The Bertz CT molecular complexity index is 468. The molecule has 7 heteroatoms. The fraction of sp³-hybridized carbons (Fsp3) is 0.583. The maximum absolute atomic E-state index is 12.5. The first-order valence-electron chi connectivity index (χ1n) is 5.66. The van der Waals surface area contributed by atoms with Crippen molar-refractivity contribution in [1.82, 2.24) is 4.90 Å². The summed E-state index contributed by atoms with van der Waals surface area (Å²) in [5, 5.41) is 0.281. The van der Waals surface area contributed by atoms with Crippen molar-refractivity contribution in [1.29, 1.82) is 0 Å². The summed E-state index contributed by atoms with van der Waals surface area (Å²) < 4.78 is 42.7. The van der Waals surface area contributed by atoms with Gasteiger partial charge in [-0.1, -0.05) is 15.9 Å². The smallest absolute Gasteiger partial charge is 0.406 e. The summed E-state index contributed by atoms with van der Waals surface area (Å²) in [6.45, 7) is 3.64. The highest BCUT2D eigenvalue weighted by atomic mass is 79.9. The first kappa shape index (κ1) is 16.1. The highest BCUT2D eigenvalue weighted by Crippen LogP contribution is 2.24. The molecule has 0 aromatic carbocycles. The second-order valence-electron chi connectivity index (χ2n) is 4.25. The maximum atomic E-state index is 12.5. The topological polar surface area (TPSA) is 33.5 Å². The highest BCUT2D eigenvalue weighted by Gasteiger charge is 2.34. The van der Waals surface area contributed by atoms with Gasteiger partial charge in [-0.15, -0.1) is 0 Å². The minimum absolute atomic E-state index is 0.0124. The van der Waals surface area contributed by atoms with Gasteiger partial charge in [-0.3, -0.25) is 4.79 Å². The Morgan fingerprint density at radius 3 is 2.21 bits per heavy atom. The SMILES string of the molecule is Cc1oc(C)c(C(=O)N(CCBr)CC(F)(F)F)c1C. The van der Waals surface area contributed by atoms with Gasteiger partial charge in [0.1, 0.15) is 18.1 Å². The molecule has 0 aliphatic carbocycles. The molecule has 3 nitrogen and oxygen atoms in total. The molecule has 0 aliphatic heterocycles. The van der Waals surface area contributed by atoms with E-state index in [9.17, 15) is 18.0 Å². The lowest BCUT2D eigenvalue weighted by molar-refractivity contribution is -0.140. The van der Waals surface area contributed by atoms with Gasteiger partial charge in [-0.25, -0.2) is 0 Å². The fourth-order valence-corrected chi connectivity index (χ4v) is 2.27. The lowest BCUT2D eigenvalue weighted by atomic mass is 10.1. The van der Waals surface area contributed by atoms with E-state index in [0.29, 0.717) is 17.1 Å². The van der Waals surface area contributed by atoms with Crippen LogP contribution in [0.25, 0.3) is 0 Å². The van der Waals surface area contributed by atoms with Crippen LogP contribution >= 0.6 is 15.9 Å². The lowest BCUT2D eigenvalue weighted by Crippen LogP contribution is -2.40. The molecule has 0 saturated carbocycles. The van der Waals surface area contributed by atoms with Gasteiger partial charge in [0.05, 0.1) is 5.56 Å². The summed E-state index contributed by atoms with van der Waals surface area (Å²) in [6.07, 6.45) is -4.42. The normalized spacial score (nSPS) is 11.7. The average Bonchev–Trinajstić information content (AvgIpc) is 2.50. The molecule has 0 atom stereocenters. The van der Waals surface area contributed by atoms with Crippen molar-refractivity contribution in [2.45, 2.75) is 26.9 Å². The van der Waals surface area contributed by atoms with Crippen LogP contribution in [-0.2, 0) is 0 Å². The first-order valence-corrected chi connectivity index (χ1v) is 6.78. The molecule has 0 aliphatic rings. The Hall–Kier alpha value is -0.980. The number of aryl methyl sites for hydroxylation is 2. The third-order valence-corrected chi connectivity index (χ3v) is 3.14. The van der Waals surface area contributed by atoms with E-state index in [1.807, 2.05) is 0 Å². The van der Waals surface area contributed by atoms with E-state index >= 15 is 0 Å². The Kier molecular flexibility index (Phi) is 5.06. The lowest BCUT2D eigenvalue weighted by Gasteiger charge is -2.23. The van der Waals surface area contributed by atoms with Crippen molar-refractivity contribution in [3.8, 4) is 0 Å². The Balaban J connectivity index is 3.06. The van der Waals surface area contributed by atoms with Gasteiger partial charge >= 0.3 is 6.18 Å². The van der Waals surface area contributed by atoms with Gasteiger partial charge in [0, 0.05) is 17.4 Å².